The van der Waals surface area contributed by atoms with E-state index in [0.29, 0.717) is 5.69 Å². The second-order valence-corrected chi connectivity index (χ2v) is 2.99. The van der Waals surface area contributed by atoms with E-state index in [4.69, 9.17) is 5.73 Å². The third kappa shape index (κ3) is 6.03. The zero-order valence-electron chi connectivity index (χ0n) is 8.86. The molecule has 1 aromatic rings. The van der Waals surface area contributed by atoms with Crippen molar-refractivity contribution < 1.29 is 18.3 Å². The number of hydrogen-bond acceptors (Lipinski definition) is 3. The van der Waals surface area contributed by atoms with Gasteiger partial charge in [0.1, 0.15) is 5.75 Å². The van der Waals surface area contributed by atoms with Crippen molar-refractivity contribution in [1.82, 2.24) is 0 Å². The summed E-state index contributed by atoms with van der Waals surface area (Å²) in [7, 11) is 0. The van der Waals surface area contributed by atoms with Gasteiger partial charge in [0.25, 0.3) is 0 Å². The van der Waals surface area contributed by atoms with E-state index in [1.165, 1.54) is 18.2 Å². The molecular weight excluding hydrogens is 254 g/mol. The van der Waals surface area contributed by atoms with Gasteiger partial charge in [-0.25, -0.2) is 0 Å². The number of carbonyl (C=O) groups excluding carboxylic acids is 1. The van der Waals surface area contributed by atoms with Crippen molar-refractivity contribution in [2.45, 2.75) is 13.0 Å². The van der Waals surface area contributed by atoms with Crippen molar-refractivity contribution in [3.63, 3.8) is 0 Å². The number of alkyl halides is 2. The predicted octanol–water partition coefficient (Wildman–Crippen LogP) is 2.00. The zero-order chi connectivity index (χ0) is 12.0. The lowest BCUT2D eigenvalue weighted by molar-refractivity contribution is -0.116. The quantitative estimate of drug-likeness (QED) is 0.857. The number of carbonyl (C=O) groups is 1. The van der Waals surface area contributed by atoms with E-state index in [1.54, 1.807) is 6.07 Å². The summed E-state index contributed by atoms with van der Waals surface area (Å²) in [6, 6.07) is 5.79. The highest BCUT2D eigenvalue weighted by molar-refractivity contribution is 5.90. The normalized spacial score (nSPS) is 9.65. The molecule has 0 atom stereocenters. The van der Waals surface area contributed by atoms with Gasteiger partial charge < -0.3 is 15.8 Å². The van der Waals surface area contributed by atoms with E-state index < -0.39 is 6.61 Å². The minimum Gasteiger partial charge on any atom is -0.435 e. The van der Waals surface area contributed by atoms with Crippen LogP contribution < -0.4 is 15.8 Å². The first-order valence-electron chi connectivity index (χ1n) is 4.66. The number of nitrogens with one attached hydrogen (secondary N) is 1. The van der Waals surface area contributed by atoms with Gasteiger partial charge in [0.15, 0.2) is 0 Å². The Bertz CT molecular complexity index is 364. The van der Waals surface area contributed by atoms with Gasteiger partial charge in [-0.05, 0) is 12.1 Å². The molecule has 0 fully saturated rings. The molecule has 0 unspecified atom stereocenters. The van der Waals surface area contributed by atoms with E-state index in [9.17, 15) is 13.6 Å². The minimum absolute atomic E-state index is 0. The Morgan fingerprint density at radius 3 is 2.76 bits per heavy atom. The molecular formula is C10H13ClF2N2O2. The summed E-state index contributed by atoms with van der Waals surface area (Å²) < 4.78 is 28.0. The lowest BCUT2D eigenvalue weighted by atomic mass is 10.3. The first-order chi connectivity index (χ1) is 7.61. The number of anilines is 1. The molecule has 7 heteroatoms. The van der Waals surface area contributed by atoms with Gasteiger partial charge in [0, 0.05) is 24.7 Å². The summed E-state index contributed by atoms with van der Waals surface area (Å²) in [5.41, 5.74) is 5.59. The Morgan fingerprint density at radius 2 is 2.18 bits per heavy atom. The summed E-state index contributed by atoms with van der Waals surface area (Å²) in [4.78, 5) is 11.2. The van der Waals surface area contributed by atoms with Crippen LogP contribution in [0.25, 0.3) is 0 Å². The van der Waals surface area contributed by atoms with Gasteiger partial charge in [-0.15, -0.1) is 12.4 Å². The van der Waals surface area contributed by atoms with Crippen LogP contribution in [0, 0.1) is 0 Å². The molecule has 0 bridgehead atoms. The molecule has 1 rings (SSSR count). The molecule has 0 aliphatic carbocycles. The molecule has 0 heterocycles. The zero-order valence-corrected chi connectivity index (χ0v) is 9.68. The molecule has 0 radical (unpaired) electrons. The molecule has 0 saturated carbocycles. The Hall–Kier alpha value is -1.40. The maximum absolute atomic E-state index is 11.9. The molecule has 0 aliphatic heterocycles. The van der Waals surface area contributed by atoms with Gasteiger partial charge in [0.2, 0.25) is 5.91 Å². The number of benzene rings is 1. The molecule has 1 aromatic carbocycles. The van der Waals surface area contributed by atoms with Gasteiger partial charge >= 0.3 is 6.61 Å². The van der Waals surface area contributed by atoms with Crippen molar-refractivity contribution in [2.75, 3.05) is 11.9 Å². The largest absolute Gasteiger partial charge is 0.435 e. The monoisotopic (exact) mass is 266 g/mol. The molecule has 96 valence electrons. The Morgan fingerprint density at radius 1 is 1.47 bits per heavy atom. The Balaban J connectivity index is 0.00000256. The molecule has 0 aliphatic rings. The van der Waals surface area contributed by atoms with Crippen molar-refractivity contribution in [2.24, 2.45) is 5.73 Å². The predicted molar refractivity (Wildman–Crippen MR) is 62.6 cm³/mol. The fourth-order valence-electron chi connectivity index (χ4n) is 1.10. The van der Waals surface area contributed by atoms with Crippen LogP contribution in [-0.2, 0) is 4.79 Å². The SMILES string of the molecule is Cl.NCCC(=O)Nc1cccc(OC(F)F)c1. The average Bonchev–Trinajstić information content (AvgIpc) is 2.17. The Labute approximate surface area is 104 Å². The highest BCUT2D eigenvalue weighted by atomic mass is 35.5. The lowest BCUT2D eigenvalue weighted by Gasteiger charge is -2.07. The van der Waals surface area contributed by atoms with Gasteiger partial charge in [-0.1, -0.05) is 6.07 Å². The number of hydrogen-bond donors (Lipinski definition) is 2. The number of amides is 1. The summed E-state index contributed by atoms with van der Waals surface area (Å²) in [5.74, 6) is -0.266. The van der Waals surface area contributed by atoms with Crippen LogP contribution in [0.2, 0.25) is 0 Å². The van der Waals surface area contributed by atoms with Crippen LogP contribution in [0.5, 0.6) is 5.75 Å². The molecule has 17 heavy (non-hydrogen) atoms. The van der Waals surface area contributed by atoms with Crippen molar-refractivity contribution in [3.05, 3.63) is 24.3 Å². The third-order valence-electron chi connectivity index (χ3n) is 1.71. The number of halogens is 3. The average molecular weight is 267 g/mol. The maximum Gasteiger partial charge on any atom is 0.387 e. The van der Waals surface area contributed by atoms with Gasteiger partial charge in [-0.2, -0.15) is 8.78 Å². The molecule has 0 saturated heterocycles. The first kappa shape index (κ1) is 15.6. The fourth-order valence-corrected chi connectivity index (χ4v) is 1.10. The van der Waals surface area contributed by atoms with Crippen LogP contribution in [-0.4, -0.2) is 19.1 Å². The van der Waals surface area contributed by atoms with Crippen LogP contribution in [0.1, 0.15) is 6.42 Å². The van der Waals surface area contributed by atoms with Crippen LogP contribution in [0.15, 0.2) is 24.3 Å². The topological polar surface area (TPSA) is 64.4 Å². The summed E-state index contributed by atoms with van der Waals surface area (Å²) in [6.07, 6.45) is 0.180. The standard InChI is InChI=1S/C10H12F2N2O2.ClH/c11-10(12)16-8-3-1-2-7(6-8)14-9(15)4-5-13;/h1-3,6,10H,4-5,13H2,(H,14,15);1H. The van der Waals surface area contributed by atoms with E-state index in [1.807, 2.05) is 0 Å². The van der Waals surface area contributed by atoms with Crippen LogP contribution in [0.3, 0.4) is 0 Å². The van der Waals surface area contributed by atoms with E-state index in [0.717, 1.165) is 0 Å². The smallest absolute Gasteiger partial charge is 0.387 e. The summed E-state index contributed by atoms with van der Waals surface area (Å²) in [6.45, 7) is -2.64. The van der Waals surface area contributed by atoms with Crippen LogP contribution in [0.4, 0.5) is 14.5 Å². The lowest BCUT2D eigenvalue weighted by Crippen LogP contribution is -2.16. The Kier molecular flexibility index (Phi) is 7.16. The molecule has 4 nitrogen and oxygen atoms in total. The maximum atomic E-state index is 11.9. The van der Waals surface area contributed by atoms with Gasteiger partial charge in [0.05, 0.1) is 0 Å². The first-order valence-corrected chi connectivity index (χ1v) is 4.66. The number of rotatable bonds is 5. The van der Waals surface area contributed by atoms with E-state index in [2.05, 4.69) is 10.1 Å². The van der Waals surface area contributed by atoms with Crippen molar-refractivity contribution in [1.29, 1.82) is 0 Å². The minimum atomic E-state index is -2.88. The van der Waals surface area contributed by atoms with Gasteiger partial charge in [-0.3, -0.25) is 4.79 Å². The van der Waals surface area contributed by atoms with Crippen molar-refractivity contribution in [3.8, 4) is 5.75 Å². The number of nitrogens with two attached hydrogens (primary N) is 1. The fraction of sp³-hybridized carbons (Fsp3) is 0.300. The third-order valence-corrected chi connectivity index (χ3v) is 1.71. The van der Waals surface area contributed by atoms with Crippen molar-refractivity contribution >= 4 is 24.0 Å². The van der Waals surface area contributed by atoms with Crippen LogP contribution >= 0.6 is 12.4 Å². The molecule has 1 amide bonds. The molecule has 0 aromatic heterocycles. The van der Waals surface area contributed by atoms with E-state index in [-0.39, 0.29) is 37.0 Å². The van der Waals surface area contributed by atoms with E-state index >= 15 is 0 Å². The highest BCUT2D eigenvalue weighted by Crippen LogP contribution is 2.19. The summed E-state index contributed by atoms with van der Waals surface area (Å²) >= 11 is 0. The second-order valence-electron chi connectivity index (χ2n) is 2.99. The number of ether oxygens (including phenoxy) is 1. The summed E-state index contributed by atoms with van der Waals surface area (Å²) in [5, 5.41) is 2.51. The molecule has 0 spiro atoms. The molecule has 3 N–H and O–H groups in total. The highest BCUT2D eigenvalue weighted by Gasteiger charge is 2.06. The second kappa shape index (κ2) is 7.81.